The van der Waals surface area contributed by atoms with Crippen LogP contribution in [-0.4, -0.2) is 11.4 Å². The van der Waals surface area contributed by atoms with E-state index in [-0.39, 0.29) is 16.9 Å². The molecule has 0 aliphatic carbocycles. The number of carbonyl (C=O) groups excluding carboxylic acids is 1. The summed E-state index contributed by atoms with van der Waals surface area (Å²) >= 11 is 0. The van der Waals surface area contributed by atoms with Gasteiger partial charge < -0.3 is 4.90 Å². The van der Waals surface area contributed by atoms with Gasteiger partial charge >= 0.3 is 0 Å². The molecule has 1 aliphatic rings. The number of nitrogens with zero attached hydrogens (tertiary/aromatic N) is 1. The minimum absolute atomic E-state index is 0.134. The van der Waals surface area contributed by atoms with E-state index in [1.165, 1.54) is 11.1 Å². The maximum atomic E-state index is 13.4. The molecule has 1 amide bonds. The standard InChI is InChI=1S/C26H27NO/c1-25(2)19-26(3,21-14-8-5-9-15-21)22-16-10-11-17-23(22)27(25)24(28)18-20-12-6-4-7-13-20/h4-17H,18-19H2,1-3H3. The van der Waals surface area contributed by atoms with Gasteiger partial charge in [-0.15, -0.1) is 0 Å². The van der Waals surface area contributed by atoms with E-state index in [4.69, 9.17) is 0 Å². The number of amides is 1. The summed E-state index contributed by atoms with van der Waals surface area (Å²) in [7, 11) is 0. The summed E-state index contributed by atoms with van der Waals surface area (Å²) in [5.41, 5.74) is 4.19. The molecule has 3 aromatic rings. The van der Waals surface area contributed by atoms with Gasteiger partial charge in [0.2, 0.25) is 5.91 Å². The molecular formula is C26H27NO. The van der Waals surface area contributed by atoms with Gasteiger partial charge in [-0.25, -0.2) is 0 Å². The summed E-state index contributed by atoms with van der Waals surface area (Å²) in [6.45, 7) is 6.68. The highest BCUT2D eigenvalue weighted by Gasteiger charge is 2.47. The number of carbonyl (C=O) groups is 1. The molecule has 0 saturated carbocycles. The molecule has 4 rings (SSSR count). The van der Waals surface area contributed by atoms with Crippen LogP contribution in [0.4, 0.5) is 5.69 Å². The van der Waals surface area contributed by atoms with E-state index in [9.17, 15) is 4.79 Å². The van der Waals surface area contributed by atoms with Crippen LogP contribution in [0, 0.1) is 0 Å². The average molecular weight is 370 g/mol. The van der Waals surface area contributed by atoms with Crippen molar-refractivity contribution in [3.05, 3.63) is 102 Å². The van der Waals surface area contributed by atoms with E-state index in [0.29, 0.717) is 6.42 Å². The lowest BCUT2D eigenvalue weighted by Crippen LogP contribution is -2.56. The molecule has 3 aromatic carbocycles. The van der Waals surface area contributed by atoms with Gasteiger partial charge in [0, 0.05) is 16.6 Å². The van der Waals surface area contributed by atoms with Crippen LogP contribution in [0.1, 0.15) is 43.9 Å². The third-order valence-electron chi connectivity index (χ3n) is 5.99. The lowest BCUT2D eigenvalue weighted by atomic mass is 9.65. The summed E-state index contributed by atoms with van der Waals surface area (Å²) < 4.78 is 0. The van der Waals surface area contributed by atoms with Crippen molar-refractivity contribution in [1.29, 1.82) is 0 Å². The first kappa shape index (κ1) is 18.5. The lowest BCUT2D eigenvalue weighted by Gasteiger charge is -2.51. The molecule has 0 aromatic heterocycles. The molecule has 2 heteroatoms. The maximum Gasteiger partial charge on any atom is 0.231 e. The van der Waals surface area contributed by atoms with Gasteiger partial charge in [-0.3, -0.25) is 4.79 Å². The Kier molecular flexibility index (Phi) is 4.58. The number of para-hydroxylation sites is 1. The topological polar surface area (TPSA) is 20.3 Å². The quantitative estimate of drug-likeness (QED) is 0.575. The Balaban J connectivity index is 1.80. The number of hydrogen-bond acceptors (Lipinski definition) is 1. The fraction of sp³-hybridized carbons (Fsp3) is 0.269. The molecule has 1 unspecified atom stereocenters. The Morgan fingerprint density at radius 2 is 1.39 bits per heavy atom. The smallest absolute Gasteiger partial charge is 0.231 e. The highest BCUT2D eigenvalue weighted by Crippen LogP contribution is 2.50. The summed E-state index contributed by atoms with van der Waals surface area (Å²) in [5, 5.41) is 0. The van der Waals surface area contributed by atoms with Gasteiger partial charge in [0.1, 0.15) is 0 Å². The minimum Gasteiger partial charge on any atom is -0.306 e. The van der Waals surface area contributed by atoms with Gasteiger partial charge in [0.25, 0.3) is 0 Å². The second kappa shape index (κ2) is 6.94. The van der Waals surface area contributed by atoms with Gasteiger partial charge in [-0.05, 0) is 43.0 Å². The Morgan fingerprint density at radius 1 is 0.821 bits per heavy atom. The molecule has 142 valence electrons. The zero-order valence-electron chi connectivity index (χ0n) is 16.9. The SMILES string of the molecule is CC1(c2ccccc2)CC(C)(C)N(C(=O)Cc2ccccc2)c2ccccc21. The van der Waals surface area contributed by atoms with Crippen molar-refractivity contribution in [2.45, 2.75) is 44.6 Å². The Labute approximate surface area is 167 Å². The van der Waals surface area contributed by atoms with E-state index in [1.807, 2.05) is 41.3 Å². The third-order valence-corrected chi connectivity index (χ3v) is 5.99. The molecule has 0 spiro atoms. The van der Waals surface area contributed by atoms with Crippen LogP contribution in [0.5, 0.6) is 0 Å². The predicted octanol–water partition coefficient (Wildman–Crippen LogP) is 5.75. The molecule has 0 N–H and O–H groups in total. The fourth-order valence-corrected chi connectivity index (χ4v) is 4.89. The molecule has 2 nitrogen and oxygen atoms in total. The van der Waals surface area contributed by atoms with E-state index in [2.05, 4.69) is 69.3 Å². The van der Waals surface area contributed by atoms with Crippen molar-refractivity contribution >= 4 is 11.6 Å². The molecular weight excluding hydrogens is 342 g/mol. The first-order valence-corrected chi connectivity index (χ1v) is 9.94. The van der Waals surface area contributed by atoms with Gasteiger partial charge in [-0.1, -0.05) is 85.8 Å². The largest absolute Gasteiger partial charge is 0.306 e. The van der Waals surface area contributed by atoms with Crippen molar-refractivity contribution in [3.63, 3.8) is 0 Å². The third kappa shape index (κ3) is 3.13. The number of rotatable bonds is 3. The molecule has 0 saturated heterocycles. The molecule has 0 fully saturated rings. The van der Waals surface area contributed by atoms with Crippen LogP contribution < -0.4 is 4.90 Å². The number of anilines is 1. The van der Waals surface area contributed by atoms with Gasteiger partial charge in [0.15, 0.2) is 0 Å². The lowest BCUT2D eigenvalue weighted by molar-refractivity contribution is -0.119. The number of benzene rings is 3. The maximum absolute atomic E-state index is 13.4. The Morgan fingerprint density at radius 3 is 2.07 bits per heavy atom. The van der Waals surface area contributed by atoms with Crippen molar-refractivity contribution in [2.75, 3.05) is 4.90 Å². The van der Waals surface area contributed by atoms with Crippen LogP contribution in [0.15, 0.2) is 84.9 Å². The van der Waals surface area contributed by atoms with Crippen molar-refractivity contribution < 1.29 is 4.79 Å². The molecule has 28 heavy (non-hydrogen) atoms. The summed E-state index contributed by atoms with van der Waals surface area (Å²) in [6, 6.07) is 29.1. The fourth-order valence-electron chi connectivity index (χ4n) is 4.89. The van der Waals surface area contributed by atoms with Crippen molar-refractivity contribution in [1.82, 2.24) is 0 Å². The molecule has 1 aliphatic heterocycles. The first-order chi connectivity index (χ1) is 13.4. The highest BCUT2D eigenvalue weighted by atomic mass is 16.2. The second-order valence-electron chi connectivity index (χ2n) is 8.60. The molecule has 0 bridgehead atoms. The van der Waals surface area contributed by atoms with E-state index in [1.54, 1.807) is 0 Å². The zero-order chi connectivity index (χ0) is 19.8. The highest BCUT2D eigenvalue weighted by molar-refractivity contribution is 5.98. The van der Waals surface area contributed by atoms with Gasteiger partial charge in [0.05, 0.1) is 6.42 Å². The van der Waals surface area contributed by atoms with Gasteiger partial charge in [-0.2, -0.15) is 0 Å². The molecule has 1 heterocycles. The van der Waals surface area contributed by atoms with E-state index >= 15 is 0 Å². The monoisotopic (exact) mass is 369 g/mol. The van der Waals surface area contributed by atoms with Crippen LogP contribution in [0.25, 0.3) is 0 Å². The molecule has 0 radical (unpaired) electrons. The Hall–Kier alpha value is -2.87. The van der Waals surface area contributed by atoms with Crippen LogP contribution >= 0.6 is 0 Å². The number of fused-ring (bicyclic) bond motifs is 1. The second-order valence-corrected chi connectivity index (χ2v) is 8.60. The van der Waals surface area contributed by atoms with Crippen LogP contribution in [0.3, 0.4) is 0 Å². The van der Waals surface area contributed by atoms with E-state index < -0.39 is 0 Å². The van der Waals surface area contributed by atoms with Crippen LogP contribution in [-0.2, 0) is 16.6 Å². The predicted molar refractivity (Wildman–Crippen MR) is 116 cm³/mol. The van der Waals surface area contributed by atoms with Crippen LogP contribution in [0.2, 0.25) is 0 Å². The molecule has 1 atom stereocenters. The zero-order valence-corrected chi connectivity index (χ0v) is 16.9. The average Bonchev–Trinajstić information content (AvgIpc) is 2.69. The minimum atomic E-state index is -0.287. The first-order valence-electron chi connectivity index (χ1n) is 9.94. The summed E-state index contributed by atoms with van der Waals surface area (Å²) in [5.74, 6) is 0.152. The Bertz CT molecular complexity index is 978. The van der Waals surface area contributed by atoms with E-state index in [0.717, 1.165) is 17.7 Å². The summed E-state index contributed by atoms with van der Waals surface area (Å²) in [4.78, 5) is 15.4. The number of hydrogen-bond donors (Lipinski definition) is 0. The summed E-state index contributed by atoms with van der Waals surface area (Å²) in [6.07, 6.45) is 1.29. The normalized spacial score (nSPS) is 20.5. The van der Waals surface area contributed by atoms with Crippen molar-refractivity contribution in [2.24, 2.45) is 0 Å². The van der Waals surface area contributed by atoms with Crippen molar-refractivity contribution in [3.8, 4) is 0 Å².